The summed E-state index contributed by atoms with van der Waals surface area (Å²) in [5.74, 6) is 0.699. The lowest BCUT2D eigenvalue weighted by Gasteiger charge is -2.10. The largest absolute Gasteiger partial charge is 0.496 e. The second-order valence-corrected chi connectivity index (χ2v) is 7.22. The van der Waals surface area contributed by atoms with E-state index >= 15 is 0 Å². The van der Waals surface area contributed by atoms with Crippen molar-refractivity contribution < 1.29 is 9.47 Å². The minimum absolute atomic E-state index is 0.140. The summed E-state index contributed by atoms with van der Waals surface area (Å²) in [7, 11) is 3.21. The molecule has 0 saturated heterocycles. The van der Waals surface area contributed by atoms with Crippen molar-refractivity contribution in [3.05, 3.63) is 82.5 Å². The van der Waals surface area contributed by atoms with E-state index in [0.29, 0.717) is 35.9 Å². The molecule has 2 aromatic carbocycles. The highest BCUT2D eigenvalue weighted by atomic mass is 16.5. The fraction of sp³-hybridized carbons (Fsp3) is 0.174. The number of ether oxygens (including phenoxy) is 2. The Morgan fingerprint density at radius 3 is 2.50 bits per heavy atom. The SMILES string of the molecule is COCc1nn2c(nnc3c(=O)n(Cc4ccccc4OC)cnc32)c1-c1ccccc1. The Bertz CT molecular complexity index is 1480. The normalized spacial score (nSPS) is 11.3. The average Bonchev–Trinajstić information content (AvgIpc) is 3.20. The summed E-state index contributed by atoms with van der Waals surface area (Å²) < 4.78 is 13.8. The number of nitrogens with zero attached hydrogens (tertiary/aromatic N) is 6. The van der Waals surface area contributed by atoms with Gasteiger partial charge in [0.05, 0.1) is 31.5 Å². The molecule has 0 saturated carbocycles. The summed E-state index contributed by atoms with van der Waals surface area (Å²) in [6, 6.07) is 17.3. The zero-order chi connectivity index (χ0) is 22.1. The summed E-state index contributed by atoms with van der Waals surface area (Å²) in [6.07, 6.45) is 1.50. The molecule has 9 nitrogen and oxygen atoms in total. The van der Waals surface area contributed by atoms with Gasteiger partial charge in [0.15, 0.2) is 16.8 Å². The number of hydrogen-bond acceptors (Lipinski definition) is 7. The Labute approximate surface area is 182 Å². The summed E-state index contributed by atoms with van der Waals surface area (Å²) >= 11 is 0. The third-order valence-electron chi connectivity index (χ3n) is 5.25. The van der Waals surface area contributed by atoms with Gasteiger partial charge in [0, 0.05) is 12.7 Å². The molecule has 0 spiro atoms. The van der Waals surface area contributed by atoms with Gasteiger partial charge in [-0.15, -0.1) is 10.2 Å². The molecule has 0 radical (unpaired) electrons. The van der Waals surface area contributed by atoms with Crippen LogP contribution in [0.5, 0.6) is 5.75 Å². The Morgan fingerprint density at radius 1 is 0.938 bits per heavy atom. The molecule has 0 unspecified atom stereocenters. The van der Waals surface area contributed by atoms with Gasteiger partial charge >= 0.3 is 0 Å². The maximum absolute atomic E-state index is 13.2. The summed E-state index contributed by atoms with van der Waals surface area (Å²) in [5.41, 5.74) is 4.00. The maximum atomic E-state index is 13.2. The summed E-state index contributed by atoms with van der Waals surface area (Å²) in [5, 5.41) is 13.2. The topological polar surface area (TPSA) is 96.4 Å². The minimum atomic E-state index is -0.305. The molecular weight excluding hydrogens is 408 g/mol. The van der Waals surface area contributed by atoms with E-state index in [0.717, 1.165) is 16.7 Å². The lowest BCUT2D eigenvalue weighted by Crippen LogP contribution is -2.23. The van der Waals surface area contributed by atoms with Gasteiger partial charge in [0.1, 0.15) is 12.1 Å². The van der Waals surface area contributed by atoms with Crippen LogP contribution in [0.15, 0.2) is 65.7 Å². The van der Waals surface area contributed by atoms with Gasteiger partial charge in [0.2, 0.25) is 0 Å². The molecule has 5 rings (SSSR count). The van der Waals surface area contributed by atoms with Crippen molar-refractivity contribution in [1.82, 2.24) is 29.4 Å². The second kappa shape index (κ2) is 8.20. The molecule has 0 aliphatic heterocycles. The van der Waals surface area contributed by atoms with E-state index in [-0.39, 0.29) is 11.1 Å². The number of methoxy groups -OCH3 is 2. The third-order valence-corrected chi connectivity index (χ3v) is 5.25. The van der Waals surface area contributed by atoms with Crippen LogP contribution < -0.4 is 10.3 Å². The first-order valence-electron chi connectivity index (χ1n) is 10.0. The molecule has 0 amide bonds. The molecule has 0 fully saturated rings. The van der Waals surface area contributed by atoms with Gasteiger partial charge in [-0.2, -0.15) is 9.61 Å². The molecule has 9 heteroatoms. The predicted molar refractivity (Wildman–Crippen MR) is 119 cm³/mol. The van der Waals surface area contributed by atoms with Crippen LogP contribution in [0.4, 0.5) is 0 Å². The van der Waals surface area contributed by atoms with E-state index in [4.69, 9.17) is 9.47 Å². The third kappa shape index (κ3) is 3.28. The van der Waals surface area contributed by atoms with Gasteiger partial charge in [-0.05, 0) is 11.6 Å². The van der Waals surface area contributed by atoms with Crippen molar-refractivity contribution in [2.24, 2.45) is 0 Å². The van der Waals surface area contributed by atoms with E-state index in [1.165, 1.54) is 10.9 Å². The molecular formula is C23H20N6O3. The van der Waals surface area contributed by atoms with Crippen LogP contribution in [0, 0.1) is 0 Å². The van der Waals surface area contributed by atoms with Crippen molar-refractivity contribution in [2.75, 3.05) is 14.2 Å². The molecule has 5 aromatic rings. The first-order valence-corrected chi connectivity index (χ1v) is 10.0. The van der Waals surface area contributed by atoms with E-state index in [1.54, 1.807) is 18.7 Å². The Morgan fingerprint density at radius 2 is 1.72 bits per heavy atom. The highest BCUT2D eigenvalue weighted by Gasteiger charge is 2.20. The van der Waals surface area contributed by atoms with Crippen LogP contribution >= 0.6 is 0 Å². The number of para-hydroxylation sites is 1. The smallest absolute Gasteiger partial charge is 0.283 e. The van der Waals surface area contributed by atoms with Crippen LogP contribution in [0.25, 0.3) is 27.9 Å². The van der Waals surface area contributed by atoms with Gasteiger partial charge in [-0.1, -0.05) is 48.5 Å². The Balaban J connectivity index is 1.68. The number of aromatic nitrogens is 6. The highest BCUT2D eigenvalue weighted by Crippen LogP contribution is 2.28. The fourth-order valence-corrected chi connectivity index (χ4v) is 3.77. The number of benzene rings is 2. The molecule has 0 bridgehead atoms. The van der Waals surface area contributed by atoms with Gasteiger partial charge in [0.25, 0.3) is 5.56 Å². The molecule has 0 aliphatic rings. The average molecular weight is 428 g/mol. The number of fused-ring (bicyclic) bond motifs is 3. The Hall–Kier alpha value is -4.11. The number of hydrogen-bond donors (Lipinski definition) is 0. The molecule has 0 atom stereocenters. The first kappa shape index (κ1) is 19.8. The van der Waals surface area contributed by atoms with Crippen molar-refractivity contribution in [3.8, 4) is 16.9 Å². The van der Waals surface area contributed by atoms with E-state index < -0.39 is 0 Å². The quantitative estimate of drug-likeness (QED) is 0.410. The highest BCUT2D eigenvalue weighted by molar-refractivity contribution is 5.83. The van der Waals surface area contributed by atoms with E-state index in [9.17, 15) is 4.79 Å². The lowest BCUT2D eigenvalue weighted by molar-refractivity contribution is 0.181. The molecule has 0 aliphatic carbocycles. The summed E-state index contributed by atoms with van der Waals surface area (Å²) in [4.78, 5) is 17.7. The zero-order valence-electron chi connectivity index (χ0n) is 17.6. The van der Waals surface area contributed by atoms with Crippen LogP contribution in [-0.4, -0.2) is 43.6 Å². The Kier molecular flexibility index (Phi) is 5.08. The lowest BCUT2D eigenvalue weighted by atomic mass is 10.1. The minimum Gasteiger partial charge on any atom is -0.496 e. The monoisotopic (exact) mass is 428 g/mol. The molecule has 0 N–H and O–H groups in total. The van der Waals surface area contributed by atoms with Crippen molar-refractivity contribution in [1.29, 1.82) is 0 Å². The van der Waals surface area contributed by atoms with Crippen molar-refractivity contribution in [2.45, 2.75) is 13.2 Å². The van der Waals surface area contributed by atoms with Gasteiger partial charge in [-0.3, -0.25) is 9.36 Å². The number of rotatable bonds is 6. The van der Waals surface area contributed by atoms with Crippen LogP contribution in [0.2, 0.25) is 0 Å². The van der Waals surface area contributed by atoms with Crippen LogP contribution in [0.1, 0.15) is 11.3 Å². The molecule has 32 heavy (non-hydrogen) atoms. The summed E-state index contributed by atoms with van der Waals surface area (Å²) in [6.45, 7) is 0.592. The van der Waals surface area contributed by atoms with Crippen LogP contribution in [-0.2, 0) is 17.9 Å². The van der Waals surface area contributed by atoms with E-state index in [1.807, 2.05) is 54.6 Å². The van der Waals surface area contributed by atoms with Crippen LogP contribution in [0.3, 0.4) is 0 Å². The molecule has 3 heterocycles. The first-order chi connectivity index (χ1) is 15.7. The van der Waals surface area contributed by atoms with Gasteiger partial charge in [-0.25, -0.2) is 4.98 Å². The van der Waals surface area contributed by atoms with Crippen molar-refractivity contribution in [3.63, 3.8) is 0 Å². The maximum Gasteiger partial charge on any atom is 0.283 e. The molecule has 160 valence electrons. The van der Waals surface area contributed by atoms with E-state index in [2.05, 4.69) is 20.3 Å². The zero-order valence-corrected chi connectivity index (χ0v) is 17.6. The predicted octanol–water partition coefficient (Wildman–Crippen LogP) is 2.70. The molecule has 3 aromatic heterocycles. The second-order valence-electron chi connectivity index (χ2n) is 7.22. The van der Waals surface area contributed by atoms with Gasteiger partial charge < -0.3 is 9.47 Å². The van der Waals surface area contributed by atoms with Crippen molar-refractivity contribution >= 4 is 16.8 Å². The standard InChI is InChI=1S/C23H20N6O3/c1-31-13-17-19(15-8-4-3-5-9-15)21-26-25-20-22(29(21)27-17)24-14-28(23(20)30)12-16-10-6-7-11-18(16)32-2/h3-11,14H,12-13H2,1-2H3. The fourth-order valence-electron chi connectivity index (χ4n) is 3.77.